The van der Waals surface area contributed by atoms with Gasteiger partial charge in [0, 0.05) is 24.1 Å². The van der Waals surface area contributed by atoms with Gasteiger partial charge in [-0.25, -0.2) is 0 Å². The zero-order valence-electron chi connectivity index (χ0n) is 12.6. The number of nitrogen functional groups attached to an aromatic ring is 1. The summed E-state index contributed by atoms with van der Waals surface area (Å²) in [6.07, 6.45) is 1.78. The van der Waals surface area contributed by atoms with Crippen LogP contribution in [0.4, 0.5) is 5.69 Å². The third-order valence-electron chi connectivity index (χ3n) is 3.68. The Bertz CT molecular complexity index is 632. The molecule has 110 valence electrons. The van der Waals surface area contributed by atoms with Crippen LogP contribution in [0.25, 0.3) is 0 Å². The molecular weight excluding hydrogens is 262 g/mol. The van der Waals surface area contributed by atoms with Gasteiger partial charge >= 0.3 is 0 Å². The number of para-hydroxylation sites is 1. The van der Waals surface area contributed by atoms with E-state index in [1.807, 2.05) is 36.4 Å². The van der Waals surface area contributed by atoms with Gasteiger partial charge in [0.2, 0.25) is 0 Å². The lowest BCUT2D eigenvalue weighted by atomic mass is 10.0. The SMILES string of the molecule is CC1(C)Cc2cccc(OCCc3ccc(N)cc3)c2O1. The first-order chi connectivity index (χ1) is 10.0. The number of hydrogen-bond acceptors (Lipinski definition) is 3. The highest BCUT2D eigenvalue weighted by Crippen LogP contribution is 2.41. The van der Waals surface area contributed by atoms with Crippen molar-refractivity contribution in [2.75, 3.05) is 12.3 Å². The van der Waals surface area contributed by atoms with Gasteiger partial charge in [-0.15, -0.1) is 0 Å². The van der Waals surface area contributed by atoms with E-state index in [2.05, 4.69) is 19.9 Å². The number of hydrogen-bond donors (Lipinski definition) is 1. The van der Waals surface area contributed by atoms with Crippen molar-refractivity contribution in [1.29, 1.82) is 0 Å². The molecule has 0 unspecified atom stereocenters. The fourth-order valence-electron chi connectivity index (χ4n) is 2.66. The molecular formula is C18H21NO2. The molecule has 0 atom stereocenters. The first-order valence-electron chi connectivity index (χ1n) is 7.32. The molecule has 3 rings (SSSR count). The summed E-state index contributed by atoms with van der Waals surface area (Å²) < 4.78 is 11.9. The Morgan fingerprint density at radius 3 is 2.67 bits per heavy atom. The quantitative estimate of drug-likeness (QED) is 0.872. The molecule has 3 heteroatoms. The summed E-state index contributed by atoms with van der Waals surface area (Å²) in [5.41, 5.74) is 8.78. The van der Waals surface area contributed by atoms with Gasteiger partial charge in [-0.1, -0.05) is 24.3 Å². The summed E-state index contributed by atoms with van der Waals surface area (Å²) in [6.45, 7) is 4.83. The Balaban J connectivity index is 1.64. The highest BCUT2D eigenvalue weighted by atomic mass is 16.5. The van der Waals surface area contributed by atoms with Crippen molar-refractivity contribution in [3.05, 3.63) is 53.6 Å². The number of anilines is 1. The Hall–Kier alpha value is -2.16. The zero-order chi connectivity index (χ0) is 14.9. The van der Waals surface area contributed by atoms with Crippen molar-refractivity contribution in [1.82, 2.24) is 0 Å². The fraction of sp³-hybridized carbons (Fsp3) is 0.333. The summed E-state index contributed by atoms with van der Waals surface area (Å²) in [6, 6.07) is 14.0. The first-order valence-corrected chi connectivity index (χ1v) is 7.32. The summed E-state index contributed by atoms with van der Waals surface area (Å²) in [5, 5.41) is 0. The molecule has 1 heterocycles. The van der Waals surface area contributed by atoms with E-state index in [4.69, 9.17) is 15.2 Å². The van der Waals surface area contributed by atoms with Crippen LogP contribution in [0.2, 0.25) is 0 Å². The zero-order valence-corrected chi connectivity index (χ0v) is 12.6. The summed E-state index contributed by atoms with van der Waals surface area (Å²) in [5.74, 6) is 1.74. The minimum absolute atomic E-state index is 0.140. The van der Waals surface area contributed by atoms with Crippen molar-refractivity contribution in [2.45, 2.75) is 32.3 Å². The van der Waals surface area contributed by atoms with E-state index in [9.17, 15) is 0 Å². The second-order valence-corrected chi connectivity index (χ2v) is 6.12. The molecule has 0 saturated heterocycles. The molecule has 2 N–H and O–H groups in total. The summed E-state index contributed by atoms with van der Waals surface area (Å²) in [7, 11) is 0. The monoisotopic (exact) mass is 283 g/mol. The minimum atomic E-state index is -0.140. The Kier molecular flexibility index (Phi) is 3.50. The Labute approximate surface area is 125 Å². The molecule has 1 aliphatic rings. The van der Waals surface area contributed by atoms with E-state index in [1.165, 1.54) is 11.1 Å². The lowest BCUT2D eigenvalue weighted by Crippen LogP contribution is -2.24. The summed E-state index contributed by atoms with van der Waals surface area (Å²) >= 11 is 0. The Morgan fingerprint density at radius 1 is 1.14 bits per heavy atom. The molecule has 0 bridgehead atoms. The number of ether oxygens (including phenoxy) is 2. The standard InChI is InChI=1S/C18H21NO2/c1-18(2)12-14-4-3-5-16(17(14)21-18)20-11-10-13-6-8-15(19)9-7-13/h3-9H,10-12,19H2,1-2H3. The topological polar surface area (TPSA) is 44.5 Å². The van der Waals surface area contributed by atoms with Crippen LogP contribution in [0.3, 0.4) is 0 Å². The van der Waals surface area contributed by atoms with Gasteiger partial charge in [-0.2, -0.15) is 0 Å². The average Bonchev–Trinajstić information content (AvgIpc) is 2.76. The number of benzene rings is 2. The van der Waals surface area contributed by atoms with E-state index in [1.54, 1.807) is 0 Å². The Morgan fingerprint density at radius 2 is 1.90 bits per heavy atom. The average molecular weight is 283 g/mol. The summed E-state index contributed by atoms with van der Waals surface area (Å²) in [4.78, 5) is 0. The number of nitrogens with two attached hydrogens (primary N) is 1. The van der Waals surface area contributed by atoms with Crippen molar-refractivity contribution >= 4 is 5.69 Å². The predicted octanol–water partition coefficient (Wildman–Crippen LogP) is 3.60. The normalized spacial score (nSPS) is 15.3. The molecule has 2 aromatic carbocycles. The van der Waals surface area contributed by atoms with Gasteiger partial charge in [-0.3, -0.25) is 0 Å². The van der Waals surface area contributed by atoms with Gasteiger partial charge in [0.15, 0.2) is 11.5 Å². The molecule has 3 nitrogen and oxygen atoms in total. The van der Waals surface area contributed by atoms with Crippen molar-refractivity contribution in [2.24, 2.45) is 0 Å². The van der Waals surface area contributed by atoms with Crippen LogP contribution in [-0.2, 0) is 12.8 Å². The van der Waals surface area contributed by atoms with Crippen molar-refractivity contribution in [3.8, 4) is 11.5 Å². The molecule has 0 radical (unpaired) electrons. The fourth-order valence-corrected chi connectivity index (χ4v) is 2.66. The van der Waals surface area contributed by atoms with Gasteiger partial charge in [0.1, 0.15) is 5.60 Å². The van der Waals surface area contributed by atoms with Crippen LogP contribution in [0, 0.1) is 0 Å². The smallest absolute Gasteiger partial charge is 0.165 e. The molecule has 21 heavy (non-hydrogen) atoms. The first kappa shape index (κ1) is 13.8. The highest BCUT2D eigenvalue weighted by molar-refractivity contribution is 5.50. The highest BCUT2D eigenvalue weighted by Gasteiger charge is 2.32. The number of rotatable bonds is 4. The lowest BCUT2D eigenvalue weighted by molar-refractivity contribution is 0.132. The van der Waals surface area contributed by atoms with E-state index in [0.29, 0.717) is 6.61 Å². The molecule has 0 saturated carbocycles. The largest absolute Gasteiger partial charge is 0.489 e. The van der Waals surface area contributed by atoms with Gasteiger partial charge in [0.05, 0.1) is 6.61 Å². The van der Waals surface area contributed by atoms with Gasteiger partial charge < -0.3 is 15.2 Å². The van der Waals surface area contributed by atoms with E-state index < -0.39 is 0 Å². The molecule has 0 spiro atoms. The van der Waals surface area contributed by atoms with Crippen LogP contribution in [0.5, 0.6) is 11.5 Å². The maximum absolute atomic E-state index is 6.00. The van der Waals surface area contributed by atoms with Crippen LogP contribution in [0.15, 0.2) is 42.5 Å². The molecule has 1 aliphatic heterocycles. The predicted molar refractivity (Wildman–Crippen MR) is 84.9 cm³/mol. The van der Waals surface area contributed by atoms with Crippen molar-refractivity contribution in [3.63, 3.8) is 0 Å². The van der Waals surface area contributed by atoms with E-state index in [-0.39, 0.29) is 5.60 Å². The van der Waals surface area contributed by atoms with Gasteiger partial charge in [-0.05, 0) is 37.6 Å². The molecule has 2 aromatic rings. The van der Waals surface area contributed by atoms with Crippen LogP contribution in [-0.4, -0.2) is 12.2 Å². The van der Waals surface area contributed by atoms with E-state index >= 15 is 0 Å². The maximum atomic E-state index is 6.00. The maximum Gasteiger partial charge on any atom is 0.165 e. The van der Waals surface area contributed by atoms with Crippen LogP contribution < -0.4 is 15.2 Å². The molecule has 0 amide bonds. The van der Waals surface area contributed by atoms with Crippen molar-refractivity contribution < 1.29 is 9.47 Å². The second-order valence-electron chi connectivity index (χ2n) is 6.12. The third kappa shape index (κ3) is 3.13. The minimum Gasteiger partial charge on any atom is -0.489 e. The number of fused-ring (bicyclic) bond motifs is 1. The molecule has 0 aliphatic carbocycles. The molecule has 0 fully saturated rings. The van der Waals surface area contributed by atoms with Crippen LogP contribution in [0.1, 0.15) is 25.0 Å². The molecule has 0 aromatic heterocycles. The van der Waals surface area contributed by atoms with Gasteiger partial charge in [0.25, 0.3) is 0 Å². The second kappa shape index (κ2) is 5.32. The van der Waals surface area contributed by atoms with E-state index in [0.717, 1.165) is 30.0 Å². The lowest BCUT2D eigenvalue weighted by Gasteiger charge is -2.18. The third-order valence-corrected chi connectivity index (χ3v) is 3.68. The van der Waals surface area contributed by atoms with Crippen LogP contribution >= 0.6 is 0 Å².